The molecule has 4 aliphatic rings. The fourth-order valence-electron chi connectivity index (χ4n) is 9.32. The molecular weight excluding hydrogens is 487 g/mol. The molecule has 0 unspecified atom stereocenters. The van der Waals surface area contributed by atoms with Crippen LogP contribution in [0.4, 0.5) is 0 Å². The summed E-state index contributed by atoms with van der Waals surface area (Å²) in [4.78, 5) is 0. The Morgan fingerprint density at radius 2 is 0.718 bits per heavy atom. The van der Waals surface area contributed by atoms with Gasteiger partial charge in [0.15, 0.2) is 0 Å². The minimum absolute atomic E-state index is 0.807. The number of rotatable bonds is 6. The van der Waals surface area contributed by atoms with Crippen molar-refractivity contribution in [2.75, 3.05) is 0 Å². The topological polar surface area (TPSA) is 0 Å². The molecule has 0 radical (unpaired) electrons. The van der Waals surface area contributed by atoms with Crippen LogP contribution in [-0.4, -0.2) is 0 Å². The van der Waals surface area contributed by atoms with Crippen LogP contribution < -0.4 is 10.6 Å². The minimum Gasteiger partial charge on any atom is -0.0585 e. The van der Waals surface area contributed by atoms with Crippen LogP contribution in [0.2, 0.25) is 0 Å². The van der Waals surface area contributed by atoms with Gasteiger partial charge in [0.25, 0.3) is 0 Å². The van der Waals surface area contributed by atoms with Gasteiger partial charge in [0.05, 0.1) is 0 Å². The molecule has 1 heteroatoms. The highest BCUT2D eigenvalue weighted by Gasteiger charge is 2.29. The average Bonchev–Trinajstić information content (AvgIpc) is 3.00. The molecule has 4 saturated carbocycles. The normalized spacial score (nSPS) is 22.8. The van der Waals surface area contributed by atoms with Crippen molar-refractivity contribution in [3.8, 4) is 0 Å². The van der Waals surface area contributed by atoms with Gasteiger partial charge in [-0.1, -0.05) is 110 Å². The lowest BCUT2D eigenvalue weighted by Gasteiger charge is -2.33. The van der Waals surface area contributed by atoms with Gasteiger partial charge in [-0.05, 0) is 133 Å². The highest BCUT2D eigenvalue weighted by Crippen LogP contribution is 2.45. The summed E-state index contributed by atoms with van der Waals surface area (Å²) in [5, 5.41) is 3.30. The number of hydrogen-bond acceptors (Lipinski definition) is 0. The highest BCUT2D eigenvalue weighted by molar-refractivity contribution is 7.55. The first-order chi connectivity index (χ1) is 19.2. The molecule has 0 aromatic heterocycles. The molecule has 212 valence electrons. The molecule has 4 aliphatic carbocycles. The van der Waals surface area contributed by atoms with Gasteiger partial charge in [0.2, 0.25) is 0 Å². The quantitative estimate of drug-likeness (QED) is 0.318. The summed E-state index contributed by atoms with van der Waals surface area (Å²) in [5.41, 5.74) is 10.5. The van der Waals surface area contributed by atoms with E-state index in [-0.39, 0.29) is 0 Å². The van der Waals surface area contributed by atoms with E-state index in [2.05, 4.69) is 38.1 Å². The summed E-state index contributed by atoms with van der Waals surface area (Å²) in [5.74, 6) is 3.27. The molecule has 6 rings (SSSR count). The molecule has 0 spiro atoms. The minimum atomic E-state index is 0.807. The number of benzene rings is 2. The fourth-order valence-corrected chi connectivity index (χ4v) is 10.6. The maximum Gasteiger partial charge on any atom is -0.0156 e. The monoisotopic (exact) mass is 542 g/mol. The van der Waals surface area contributed by atoms with Gasteiger partial charge in [0, 0.05) is 0 Å². The van der Waals surface area contributed by atoms with E-state index in [4.69, 9.17) is 0 Å². The van der Waals surface area contributed by atoms with E-state index >= 15 is 0 Å². The van der Waals surface area contributed by atoms with Gasteiger partial charge in [-0.2, -0.15) is 0 Å². The lowest BCUT2D eigenvalue weighted by Crippen LogP contribution is -2.21. The SMILES string of the molecule is Cc1c(Pc2ccc(C3CCCCC3)c(C3CCCCC3)c2C)ccc(C2CCCCC2)c1C1CCCCC1. The van der Waals surface area contributed by atoms with Crippen molar-refractivity contribution < 1.29 is 0 Å². The molecule has 0 aliphatic heterocycles. The Balaban J connectivity index is 1.36. The van der Waals surface area contributed by atoms with Crippen LogP contribution in [0.15, 0.2) is 24.3 Å². The second-order valence-corrected chi connectivity index (χ2v) is 15.3. The van der Waals surface area contributed by atoms with Crippen molar-refractivity contribution in [1.29, 1.82) is 0 Å². The lowest BCUT2D eigenvalue weighted by molar-refractivity contribution is 0.418. The van der Waals surface area contributed by atoms with Crippen LogP contribution in [0.3, 0.4) is 0 Å². The Hall–Kier alpha value is -1.13. The largest absolute Gasteiger partial charge is 0.0585 e. The van der Waals surface area contributed by atoms with Crippen LogP contribution in [0.25, 0.3) is 0 Å². The molecule has 0 amide bonds. The van der Waals surface area contributed by atoms with E-state index < -0.39 is 0 Å². The average molecular weight is 543 g/mol. The van der Waals surface area contributed by atoms with Crippen LogP contribution in [-0.2, 0) is 0 Å². The maximum absolute atomic E-state index is 2.63. The third kappa shape index (κ3) is 6.22. The van der Waals surface area contributed by atoms with E-state index in [9.17, 15) is 0 Å². The molecule has 4 fully saturated rings. The molecule has 0 saturated heterocycles. The molecule has 2 aromatic carbocycles. The predicted molar refractivity (Wildman–Crippen MR) is 173 cm³/mol. The summed E-state index contributed by atoms with van der Waals surface area (Å²) < 4.78 is 0. The van der Waals surface area contributed by atoms with Gasteiger partial charge < -0.3 is 0 Å². The third-order valence-corrected chi connectivity index (χ3v) is 13.1. The summed E-state index contributed by atoms with van der Waals surface area (Å²) in [6.07, 6.45) is 28.7. The van der Waals surface area contributed by atoms with Gasteiger partial charge >= 0.3 is 0 Å². The summed E-state index contributed by atoms with van der Waals surface area (Å²) in [6.45, 7) is 5.04. The molecule has 0 nitrogen and oxygen atoms in total. The van der Waals surface area contributed by atoms with Gasteiger partial charge in [-0.3, -0.25) is 0 Å². The van der Waals surface area contributed by atoms with E-state index in [1.165, 1.54) is 128 Å². The first-order valence-corrected chi connectivity index (χ1v) is 18.2. The predicted octanol–water partition coefficient (Wildman–Crippen LogP) is 11.1. The Morgan fingerprint density at radius 3 is 1.05 bits per heavy atom. The van der Waals surface area contributed by atoms with Crippen molar-refractivity contribution in [3.63, 3.8) is 0 Å². The molecule has 39 heavy (non-hydrogen) atoms. The van der Waals surface area contributed by atoms with Gasteiger partial charge in [0.1, 0.15) is 0 Å². The van der Waals surface area contributed by atoms with Crippen molar-refractivity contribution in [2.45, 2.75) is 166 Å². The summed E-state index contributed by atoms with van der Waals surface area (Å²) in [6, 6.07) is 10.4. The van der Waals surface area contributed by atoms with Crippen molar-refractivity contribution in [2.24, 2.45) is 0 Å². The second-order valence-electron chi connectivity index (χ2n) is 13.9. The fraction of sp³-hybridized carbons (Fsp3) is 0.684. The van der Waals surface area contributed by atoms with Crippen LogP contribution in [0, 0.1) is 13.8 Å². The number of hydrogen-bond donors (Lipinski definition) is 0. The Bertz CT molecular complexity index is 1000. The molecule has 2 aromatic rings. The van der Waals surface area contributed by atoms with E-state index in [1.807, 2.05) is 11.1 Å². The van der Waals surface area contributed by atoms with Gasteiger partial charge in [-0.15, -0.1) is 0 Å². The smallest absolute Gasteiger partial charge is 0.0156 e. The Kier molecular flexibility index (Phi) is 9.51. The molecule has 0 bridgehead atoms. The summed E-state index contributed by atoms with van der Waals surface area (Å²) >= 11 is 0. The zero-order valence-corrected chi connectivity index (χ0v) is 26.3. The van der Waals surface area contributed by atoms with E-state index in [1.54, 1.807) is 32.9 Å². The third-order valence-electron chi connectivity index (χ3n) is 11.5. The standard InChI is InChI=1S/C38H55P/c1-27-35(25-23-33(29-15-7-3-8-16-29)37(27)31-19-11-5-12-20-31)39-36-26-24-34(30-17-9-4-10-18-30)38(28(36)2)32-21-13-6-14-22-32/h23-26,29-32,39H,3-22H2,1-2H3. The molecule has 0 N–H and O–H groups in total. The highest BCUT2D eigenvalue weighted by atomic mass is 31.1. The Labute approximate surface area is 242 Å². The van der Waals surface area contributed by atoms with Crippen LogP contribution in [0.5, 0.6) is 0 Å². The zero-order valence-electron chi connectivity index (χ0n) is 25.3. The van der Waals surface area contributed by atoms with Crippen molar-refractivity contribution in [1.82, 2.24) is 0 Å². The molecule has 0 atom stereocenters. The Morgan fingerprint density at radius 1 is 0.410 bits per heavy atom. The van der Waals surface area contributed by atoms with E-state index in [0.29, 0.717) is 0 Å². The summed E-state index contributed by atoms with van der Waals surface area (Å²) in [7, 11) is 0.807. The van der Waals surface area contributed by atoms with E-state index in [0.717, 1.165) is 32.3 Å². The first kappa shape index (κ1) is 28.0. The van der Waals surface area contributed by atoms with Crippen LogP contribution >= 0.6 is 8.58 Å². The second kappa shape index (κ2) is 13.2. The van der Waals surface area contributed by atoms with Crippen molar-refractivity contribution >= 4 is 19.2 Å². The van der Waals surface area contributed by atoms with Crippen molar-refractivity contribution in [3.05, 3.63) is 57.6 Å². The maximum atomic E-state index is 2.63. The van der Waals surface area contributed by atoms with Gasteiger partial charge in [-0.25, -0.2) is 0 Å². The van der Waals surface area contributed by atoms with Crippen LogP contribution in [0.1, 0.15) is 185 Å². The molecule has 0 heterocycles. The molecular formula is C38H55P. The lowest BCUT2D eigenvalue weighted by atomic mass is 9.74. The zero-order chi connectivity index (χ0) is 26.6. The first-order valence-electron chi connectivity index (χ1n) is 17.2.